The molecule has 21 heavy (non-hydrogen) atoms. The van der Waals surface area contributed by atoms with Crippen LogP contribution in [-0.2, 0) is 19.1 Å². The van der Waals surface area contributed by atoms with Crippen LogP contribution in [-0.4, -0.2) is 32.4 Å². The molecule has 0 spiro atoms. The van der Waals surface area contributed by atoms with Crippen molar-refractivity contribution < 1.29 is 23.9 Å². The Bertz CT molecular complexity index is 634. The van der Waals surface area contributed by atoms with Crippen molar-refractivity contribution in [2.24, 2.45) is 11.3 Å². The molecular weight excluding hydrogens is 272 g/mol. The van der Waals surface area contributed by atoms with Gasteiger partial charge in [0.1, 0.15) is 0 Å². The fraction of sp³-hybridized carbons (Fsp3) is 0.312. The second-order valence-corrected chi connectivity index (χ2v) is 4.69. The molecule has 0 amide bonds. The Balaban J connectivity index is 2.27. The minimum Gasteiger partial charge on any atom is -0.468 e. The molecule has 0 radical (unpaired) electrons. The number of carbonyl (C=O) groups is 3. The molecule has 108 valence electrons. The molecule has 5 heteroatoms. The van der Waals surface area contributed by atoms with Crippen LogP contribution in [0, 0.1) is 23.2 Å². The summed E-state index contributed by atoms with van der Waals surface area (Å²) >= 11 is 0. The Labute approximate surface area is 122 Å². The van der Waals surface area contributed by atoms with Crippen LogP contribution in [0.25, 0.3) is 0 Å². The normalized spacial score (nSPS) is 17.9. The van der Waals surface area contributed by atoms with Crippen molar-refractivity contribution in [1.29, 1.82) is 0 Å². The number of esters is 2. The van der Waals surface area contributed by atoms with Gasteiger partial charge in [-0.15, -0.1) is 0 Å². The maximum atomic E-state index is 11.8. The highest BCUT2D eigenvalue weighted by atomic mass is 16.5. The van der Waals surface area contributed by atoms with Gasteiger partial charge in [0.05, 0.1) is 14.2 Å². The monoisotopic (exact) mass is 286 g/mol. The van der Waals surface area contributed by atoms with Gasteiger partial charge in [-0.25, -0.2) is 0 Å². The summed E-state index contributed by atoms with van der Waals surface area (Å²) in [5.74, 6) is 3.96. The van der Waals surface area contributed by atoms with E-state index in [4.69, 9.17) is 0 Å². The molecule has 0 aromatic heterocycles. The fourth-order valence-corrected chi connectivity index (χ4v) is 2.21. The van der Waals surface area contributed by atoms with E-state index in [9.17, 15) is 14.4 Å². The van der Waals surface area contributed by atoms with Crippen molar-refractivity contribution >= 4 is 18.2 Å². The second-order valence-electron chi connectivity index (χ2n) is 4.69. The Morgan fingerprint density at radius 1 is 1.24 bits per heavy atom. The van der Waals surface area contributed by atoms with Crippen molar-refractivity contribution in [3.63, 3.8) is 0 Å². The van der Waals surface area contributed by atoms with E-state index < -0.39 is 23.3 Å². The standard InChI is InChI=1S/C16H14O5/c1-20-14(18)16(15(19)21-2)9-13(16)8-7-11-5-3-4-6-12(11)10-17/h3-6,10,13H,9H2,1-2H3. The highest BCUT2D eigenvalue weighted by molar-refractivity contribution is 6.04. The van der Waals surface area contributed by atoms with Gasteiger partial charge in [0.15, 0.2) is 11.7 Å². The van der Waals surface area contributed by atoms with Gasteiger partial charge in [0, 0.05) is 17.0 Å². The summed E-state index contributed by atoms with van der Waals surface area (Å²) in [6.07, 6.45) is 0.980. The van der Waals surface area contributed by atoms with Crippen LogP contribution in [0.15, 0.2) is 24.3 Å². The Morgan fingerprint density at radius 2 is 1.86 bits per heavy atom. The summed E-state index contributed by atoms with van der Waals surface area (Å²) in [4.78, 5) is 34.5. The van der Waals surface area contributed by atoms with Crippen molar-refractivity contribution in [2.75, 3.05) is 14.2 Å². The molecule has 5 nitrogen and oxygen atoms in total. The molecule has 1 aromatic rings. The fourth-order valence-electron chi connectivity index (χ4n) is 2.21. The molecule has 1 aromatic carbocycles. The number of aldehydes is 1. The molecular formula is C16H14O5. The van der Waals surface area contributed by atoms with Crippen LogP contribution in [0.3, 0.4) is 0 Å². The molecule has 2 rings (SSSR count). The van der Waals surface area contributed by atoms with Gasteiger partial charge in [0.2, 0.25) is 0 Å². The van der Waals surface area contributed by atoms with E-state index in [1.54, 1.807) is 24.3 Å². The minimum absolute atomic E-state index is 0.266. The zero-order valence-corrected chi connectivity index (χ0v) is 11.7. The first kappa shape index (κ1) is 14.8. The molecule has 0 N–H and O–H groups in total. The first-order valence-corrected chi connectivity index (χ1v) is 6.32. The third-order valence-electron chi connectivity index (χ3n) is 3.53. The number of hydrogen-bond donors (Lipinski definition) is 0. The zero-order chi connectivity index (χ0) is 15.5. The van der Waals surface area contributed by atoms with E-state index in [-0.39, 0.29) is 6.42 Å². The molecule has 0 aliphatic heterocycles. The lowest BCUT2D eigenvalue weighted by Crippen LogP contribution is -2.30. The molecule has 1 saturated carbocycles. The Hall–Kier alpha value is -2.61. The van der Waals surface area contributed by atoms with Crippen molar-refractivity contribution in [3.05, 3.63) is 35.4 Å². The van der Waals surface area contributed by atoms with E-state index in [0.29, 0.717) is 17.4 Å². The molecule has 1 unspecified atom stereocenters. The van der Waals surface area contributed by atoms with E-state index >= 15 is 0 Å². The molecule has 0 heterocycles. The lowest BCUT2D eigenvalue weighted by molar-refractivity contribution is -0.161. The number of carbonyl (C=O) groups excluding carboxylic acids is 3. The smallest absolute Gasteiger partial charge is 0.324 e. The molecule has 1 aliphatic rings. The quantitative estimate of drug-likeness (QED) is 0.361. The van der Waals surface area contributed by atoms with Gasteiger partial charge in [-0.05, 0) is 12.5 Å². The average Bonchev–Trinajstić information content (AvgIpc) is 3.27. The van der Waals surface area contributed by atoms with Crippen LogP contribution >= 0.6 is 0 Å². The number of methoxy groups -OCH3 is 2. The van der Waals surface area contributed by atoms with Gasteiger partial charge >= 0.3 is 11.9 Å². The molecule has 1 atom stereocenters. The largest absolute Gasteiger partial charge is 0.468 e. The first-order valence-electron chi connectivity index (χ1n) is 6.32. The van der Waals surface area contributed by atoms with Crippen LogP contribution in [0.4, 0.5) is 0 Å². The first-order chi connectivity index (χ1) is 10.1. The summed E-state index contributed by atoms with van der Waals surface area (Å²) in [6.45, 7) is 0. The zero-order valence-electron chi connectivity index (χ0n) is 11.7. The highest BCUT2D eigenvalue weighted by Crippen LogP contribution is 2.54. The van der Waals surface area contributed by atoms with Gasteiger partial charge < -0.3 is 9.47 Å². The van der Waals surface area contributed by atoms with Crippen LogP contribution in [0.5, 0.6) is 0 Å². The predicted molar refractivity (Wildman–Crippen MR) is 73.3 cm³/mol. The number of benzene rings is 1. The molecule has 1 fully saturated rings. The maximum Gasteiger partial charge on any atom is 0.324 e. The van der Waals surface area contributed by atoms with Crippen LogP contribution in [0.1, 0.15) is 22.3 Å². The average molecular weight is 286 g/mol. The number of rotatable bonds is 3. The minimum atomic E-state index is -1.33. The van der Waals surface area contributed by atoms with Gasteiger partial charge in [0.25, 0.3) is 0 Å². The maximum absolute atomic E-state index is 11.8. The van der Waals surface area contributed by atoms with Crippen LogP contribution < -0.4 is 0 Å². The molecule has 0 bridgehead atoms. The summed E-state index contributed by atoms with van der Waals surface area (Å²) in [7, 11) is 2.44. The van der Waals surface area contributed by atoms with Crippen molar-refractivity contribution in [2.45, 2.75) is 6.42 Å². The SMILES string of the molecule is COC(=O)C1(C(=O)OC)CC1C#Cc1ccccc1C=O. The number of hydrogen-bond acceptors (Lipinski definition) is 5. The summed E-state index contributed by atoms with van der Waals surface area (Å²) in [5, 5.41) is 0. The lowest BCUT2D eigenvalue weighted by atomic mass is 10.0. The lowest BCUT2D eigenvalue weighted by Gasteiger charge is -2.10. The van der Waals surface area contributed by atoms with Crippen molar-refractivity contribution in [1.82, 2.24) is 0 Å². The van der Waals surface area contributed by atoms with Gasteiger partial charge in [-0.2, -0.15) is 0 Å². The topological polar surface area (TPSA) is 69.7 Å². The molecule has 1 aliphatic carbocycles. The van der Waals surface area contributed by atoms with Crippen molar-refractivity contribution in [3.8, 4) is 11.8 Å². The van der Waals surface area contributed by atoms with E-state index in [0.717, 1.165) is 0 Å². The molecule has 0 saturated heterocycles. The van der Waals surface area contributed by atoms with Crippen LogP contribution in [0.2, 0.25) is 0 Å². The van der Waals surface area contributed by atoms with E-state index in [2.05, 4.69) is 21.3 Å². The van der Waals surface area contributed by atoms with E-state index in [1.165, 1.54) is 14.2 Å². The number of ether oxygens (including phenoxy) is 2. The van der Waals surface area contributed by atoms with E-state index in [1.807, 2.05) is 0 Å². The summed E-state index contributed by atoms with van der Waals surface area (Å²) in [6, 6.07) is 6.85. The Kier molecular flexibility index (Phi) is 4.08. The Morgan fingerprint density at radius 3 is 2.43 bits per heavy atom. The second kappa shape index (κ2) is 5.80. The predicted octanol–water partition coefficient (Wildman–Crippen LogP) is 1.20. The van der Waals surface area contributed by atoms with Gasteiger partial charge in [-0.3, -0.25) is 14.4 Å². The highest BCUT2D eigenvalue weighted by Gasteiger charge is 2.67. The third kappa shape index (κ3) is 2.52. The third-order valence-corrected chi connectivity index (χ3v) is 3.53. The summed E-state index contributed by atoms with van der Waals surface area (Å²) in [5.41, 5.74) is -0.303. The van der Waals surface area contributed by atoms with Gasteiger partial charge in [-0.1, -0.05) is 30.0 Å². The summed E-state index contributed by atoms with van der Waals surface area (Å²) < 4.78 is 9.33.